The summed E-state index contributed by atoms with van der Waals surface area (Å²) in [5.41, 5.74) is 1.25. The Hall–Kier alpha value is -1.82. The lowest BCUT2D eigenvalue weighted by Gasteiger charge is -2.32. The Balaban J connectivity index is 2.99. The van der Waals surface area contributed by atoms with Crippen LogP contribution in [0.3, 0.4) is 0 Å². The molecule has 0 atom stereocenters. The molecule has 0 aliphatic carbocycles. The number of carbonyl (C=O) groups excluding carboxylic acids is 1. The fraction of sp³-hybridized carbons (Fsp3) is 0.529. The Morgan fingerprint density at radius 2 is 1.75 bits per heavy atom. The molecule has 108 valence electrons. The van der Waals surface area contributed by atoms with Gasteiger partial charge in [-0.1, -0.05) is 27.7 Å². The summed E-state index contributed by atoms with van der Waals surface area (Å²) in [6, 6.07) is 9.25. The molecular formula is C17H24N2O. The molecule has 0 bridgehead atoms. The first-order valence-corrected chi connectivity index (χ1v) is 7.34. The molecule has 1 aromatic carbocycles. The number of benzene rings is 1. The molecule has 0 N–H and O–H groups in total. The topological polar surface area (TPSA) is 44.1 Å². The van der Waals surface area contributed by atoms with Crippen molar-refractivity contribution in [3.8, 4) is 6.07 Å². The predicted molar refractivity (Wildman–Crippen MR) is 81.4 cm³/mol. The van der Waals surface area contributed by atoms with Gasteiger partial charge in [0.2, 0.25) is 0 Å². The number of nitrogens with zero attached hydrogens (tertiary/aromatic N) is 2. The van der Waals surface area contributed by atoms with E-state index in [1.54, 1.807) is 24.3 Å². The van der Waals surface area contributed by atoms with Crippen molar-refractivity contribution in [2.45, 2.75) is 46.6 Å². The third-order valence-electron chi connectivity index (χ3n) is 3.47. The van der Waals surface area contributed by atoms with Gasteiger partial charge in [-0.2, -0.15) is 5.26 Å². The molecule has 0 unspecified atom stereocenters. The first-order chi connectivity index (χ1) is 9.53. The minimum Gasteiger partial charge on any atom is -0.335 e. The van der Waals surface area contributed by atoms with Gasteiger partial charge in [0.05, 0.1) is 11.6 Å². The SMILES string of the molecule is CCC(CC)N(CC(C)C)C(=O)c1ccc(C#N)cc1. The number of amides is 1. The summed E-state index contributed by atoms with van der Waals surface area (Å²) < 4.78 is 0. The molecule has 0 aromatic heterocycles. The van der Waals surface area contributed by atoms with Gasteiger partial charge >= 0.3 is 0 Å². The maximum Gasteiger partial charge on any atom is 0.254 e. The molecule has 1 rings (SSSR count). The van der Waals surface area contributed by atoms with E-state index in [1.807, 2.05) is 4.90 Å². The zero-order chi connectivity index (χ0) is 15.1. The predicted octanol–water partition coefficient (Wildman–Crippen LogP) is 3.85. The molecule has 1 aromatic rings. The van der Waals surface area contributed by atoms with Gasteiger partial charge in [0.15, 0.2) is 0 Å². The van der Waals surface area contributed by atoms with Gasteiger partial charge in [0.25, 0.3) is 5.91 Å². The highest BCUT2D eigenvalue weighted by atomic mass is 16.2. The van der Waals surface area contributed by atoms with Crippen LogP contribution in [0.25, 0.3) is 0 Å². The third-order valence-corrected chi connectivity index (χ3v) is 3.47. The molecule has 0 fully saturated rings. The molecule has 0 heterocycles. The third kappa shape index (κ3) is 4.09. The maximum atomic E-state index is 12.7. The fourth-order valence-corrected chi connectivity index (χ4v) is 2.37. The molecular weight excluding hydrogens is 248 g/mol. The van der Waals surface area contributed by atoms with Crippen molar-refractivity contribution in [3.63, 3.8) is 0 Å². The summed E-state index contributed by atoms with van der Waals surface area (Å²) in [6.45, 7) is 9.26. The molecule has 20 heavy (non-hydrogen) atoms. The van der Waals surface area contributed by atoms with Crippen LogP contribution in [0, 0.1) is 17.2 Å². The van der Waals surface area contributed by atoms with E-state index < -0.39 is 0 Å². The van der Waals surface area contributed by atoms with Gasteiger partial charge in [-0.05, 0) is 43.0 Å². The zero-order valence-electron chi connectivity index (χ0n) is 12.9. The van der Waals surface area contributed by atoms with E-state index in [-0.39, 0.29) is 11.9 Å². The number of hydrogen-bond donors (Lipinski definition) is 0. The number of hydrogen-bond acceptors (Lipinski definition) is 2. The average molecular weight is 272 g/mol. The Kier molecular flexibility index (Phi) is 6.24. The fourth-order valence-electron chi connectivity index (χ4n) is 2.37. The van der Waals surface area contributed by atoms with Crippen molar-refractivity contribution < 1.29 is 4.79 Å². The van der Waals surface area contributed by atoms with Gasteiger partial charge in [0.1, 0.15) is 0 Å². The Morgan fingerprint density at radius 3 is 2.15 bits per heavy atom. The molecule has 1 amide bonds. The highest BCUT2D eigenvalue weighted by molar-refractivity contribution is 5.94. The Morgan fingerprint density at radius 1 is 1.20 bits per heavy atom. The molecule has 0 aliphatic rings. The maximum absolute atomic E-state index is 12.7. The van der Waals surface area contributed by atoms with Gasteiger partial charge in [-0.3, -0.25) is 4.79 Å². The number of rotatable bonds is 6. The van der Waals surface area contributed by atoms with E-state index in [0.717, 1.165) is 19.4 Å². The first kappa shape index (κ1) is 16.2. The Bertz CT molecular complexity index is 467. The Labute approximate surface area is 122 Å². The van der Waals surface area contributed by atoms with Crippen molar-refractivity contribution >= 4 is 5.91 Å². The monoisotopic (exact) mass is 272 g/mol. The van der Waals surface area contributed by atoms with Crippen LogP contribution in [0.5, 0.6) is 0 Å². The smallest absolute Gasteiger partial charge is 0.254 e. The second-order valence-electron chi connectivity index (χ2n) is 5.51. The highest BCUT2D eigenvalue weighted by Crippen LogP contribution is 2.16. The normalized spacial score (nSPS) is 10.7. The van der Waals surface area contributed by atoms with Gasteiger partial charge in [-0.15, -0.1) is 0 Å². The summed E-state index contributed by atoms with van der Waals surface area (Å²) in [4.78, 5) is 14.7. The largest absolute Gasteiger partial charge is 0.335 e. The number of nitriles is 1. The lowest BCUT2D eigenvalue weighted by Crippen LogP contribution is -2.42. The lowest BCUT2D eigenvalue weighted by molar-refractivity contribution is 0.0640. The summed E-state index contributed by atoms with van der Waals surface area (Å²) in [6.07, 6.45) is 1.93. The van der Waals surface area contributed by atoms with E-state index >= 15 is 0 Å². The van der Waals surface area contributed by atoms with Gasteiger partial charge in [0, 0.05) is 18.2 Å². The molecule has 3 nitrogen and oxygen atoms in total. The summed E-state index contributed by atoms with van der Waals surface area (Å²) in [7, 11) is 0. The van der Waals surface area contributed by atoms with Crippen LogP contribution >= 0.6 is 0 Å². The van der Waals surface area contributed by atoms with Crippen molar-refractivity contribution in [2.75, 3.05) is 6.54 Å². The van der Waals surface area contributed by atoms with E-state index in [0.29, 0.717) is 17.0 Å². The molecule has 0 spiro atoms. The van der Waals surface area contributed by atoms with Crippen LogP contribution in [-0.4, -0.2) is 23.4 Å². The van der Waals surface area contributed by atoms with E-state index in [2.05, 4.69) is 33.8 Å². The standard InChI is InChI=1S/C17H24N2O/c1-5-16(6-2)19(12-13(3)4)17(20)15-9-7-14(11-18)8-10-15/h7-10,13,16H,5-6,12H2,1-4H3. The summed E-state index contributed by atoms with van der Waals surface area (Å²) >= 11 is 0. The van der Waals surface area contributed by atoms with Crippen molar-refractivity contribution in [2.24, 2.45) is 5.92 Å². The molecule has 3 heteroatoms. The van der Waals surface area contributed by atoms with Crippen LogP contribution in [0.15, 0.2) is 24.3 Å². The van der Waals surface area contributed by atoms with Crippen molar-refractivity contribution in [1.82, 2.24) is 4.90 Å². The van der Waals surface area contributed by atoms with E-state index in [4.69, 9.17) is 5.26 Å². The second-order valence-corrected chi connectivity index (χ2v) is 5.51. The second kappa shape index (κ2) is 7.69. The minimum atomic E-state index is 0.0666. The summed E-state index contributed by atoms with van der Waals surface area (Å²) in [5, 5.41) is 8.81. The van der Waals surface area contributed by atoms with Crippen molar-refractivity contribution in [3.05, 3.63) is 35.4 Å². The molecule has 0 saturated heterocycles. The summed E-state index contributed by atoms with van der Waals surface area (Å²) in [5.74, 6) is 0.509. The van der Waals surface area contributed by atoms with Crippen LogP contribution in [-0.2, 0) is 0 Å². The molecule has 0 aliphatic heterocycles. The van der Waals surface area contributed by atoms with Crippen LogP contribution in [0.1, 0.15) is 56.5 Å². The highest BCUT2D eigenvalue weighted by Gasteiger charge is 2.23. The zero-order valence-corrected chi connectivity index (χ0v) is 12.9. The average Bonchev–Trinajstić information content (AvgIpc) is 2.46. The van der Waals surface area contributed by atoms with Gasteiger partial charge < -0.3 is 4.90 Å². The first-order valence-electron chi connectivity index (χ1n) is 7.34. The molecule has 0 radical (unpaired) electrons. The van der Waals surface area contributed by atoms with Crippen LogP contribution in [0.2, 0.25) is 0 Å². The minimum absolute atomic E-state index is 0.0666. The quantitative estimate of drug-likeness (QED) is 0.789. The lowest BCUT2D eigenvalue weighted by atomic mass is 10.0. The van der Waals surface area contributed by atoms with E-state index in [9.17, 15) is 4.79 Å². The van der Waals surface area contributed by atoms with Gasteiger partial charge in [-0.25, -0.2) is 0 Å². The van der Waals surface area contributed by atoms with Crippen molar-refractivity contribution in [1.29, 1.82) is 5.26 Å². The van der Waals surface area contributed by atoms with E-state index in [1.165, 1.54) is 0 Å². The number of carbonyl (C=O) groups is 1. The molecule has 0 saturated carbocycles. The van der Waals surface area contributed by atoms with Crippen LogP contribution < -0.4 is 0 Å². The van der Waals surface area contributed by atoms with Crippen LogP contribution in [0.4, 0.5) is 0 Å².